The zero-order valence-corrected chi connectivity index (χ0v) is 9.89. The van der Waals surface area contributed by atoms with E-state index in [-0.39, 0.29) is 17.4 Å². The minimum absolute atomic E-state index is 0.0785. The van der Waals surface area contributed by atoms with E-state index in [0.29, 0.717) is 5.82 Å². The highest BCUT2D eigenvalue weighted by Crippen LogP contribution is 2.34. The van der Waals surface area contributed by atoms with Gasteiger partial charge in [-0.3, -0.25) is 4.79 Å². The topological polar surface area (TPSA) is 66.0 Å². The van der Waals surface area contributed by atoms with Gasteiger partial charge in [-0.15, -0.1) is 0 Å². The summed E-state index contributed by atoms with van der Waals surface area (Å²) in [5.74, 6) is 0.429. The number of aromatic nitrogens is 2. The molecule has 92 valence electrons. The molecule has 0 amide bonds. The van der Waals surface area contributed by atoms with E-state index in [0.717, 1.165) is 25.3 Å². The Morgan fingerprint density at radius 3 is 3.00 bits per heavy atom. The van der Waals surface area contributed by atoms with Crippen LogP contribution >= 0.6 is 0 Å². The molecule has 2 aromatic rings. The van der Waals surface area contributed by atoms with Gasteiger partial charge in [-0.2, -0.15) is 4.98 Å². The Hall–Kier alpha value is -2.10. The molecule has 1 aliphatic carbocycles. The van der Waals surface area contributed by atoms with Gasteiger partial charge in [0.15, 0.2) is 0 Å². The van der Waals surface area contributed by atoms with E-state index in [1.807, 2.05) is 12.1 Å². The summed E-state index contributed by atoms with van der Waals surface area (Å²) < 4.78 is 0. The number of rotatable bonds is 1. The predicted molar refractivity (Wildman–Crippen MR) is 67.7 cm³/mol. The molecule has 1 heterocycles. The highest BCUT2D eigenvalue weighted by molar-refractivity contribution is 5.36. The van der Waals surface area contributed by atoms with E-state index in [4.69, 9.17) is 0 Å². The number of aromatic hydroxyl groups is 1. The second kappa shape index (κ2) is 4.29. The van der Waals surface area contributed by atoms with Crippen LogP contribution in [0.4, 0.5) is 0 Å². The monoisotopic (exact) mass is 242 g/mol. The minimum atomic E-state index is -0.305. The summed E-state index contributed by atoms with van der Waals surface area (Å²) in [4.78, 5) is 18.2. The number of fused-ring (bicyclic) bond motifs is 1. The number of nitrogens with zero attached hydrogens (tertiary/aromatic N) is 1. The second-order valence-electron chi connectivity index (χ2n) is 4.63. The summed E-state index contributed by atoms with van der Waals surface area (Å²) in [5, 5.41) is 9.44. The molecule has 0 spiro atoms. The molecule has 0 saturated carbocycles. The van der Waals surface area contributed by atoms with Crippen molar-refractivity contribution >= 4 is 0 Å². The molecule has 4 nitrogen and oxygen atoms in total. The number of aryl methyl sites for hydroxylation is 1. The Balaban J connectivity index is 2.11. The van der Waals surface area contributed by atoms with Gasteiger partial charge < -0.3 is 10.1 Å². The lowest BCUT2D eigenvalue weighted by Gasteiger charge is -2.24. The molecular weight excluding hydrogens is 228 g/mol. The van der Waals surface area contributed by atoms with Crippen molar-refractivity contribution in [3.63, 3.8) is 0 Å². The van der Waals surface area contributed by atoms with Gasteiger partial charge in [0.2, 0.25) is 5.88 Å². The van der Waals surface area contributed by atoms with Crippen LogP contribution in [0.25, 0.3) is 0 Å². The Bertz CT molecular complexity index is 634. The van der Waals surface area contributed by atoms with Crippen LogP contribution in [0.3, 0.4) is 0 Å². The van der Waals surface area contributed by atoms with Crippen molar-refractivity contribution in [2.24, 2.45) is 0 Å². The number of H-pyrrole nitrogens is 1. The van der Waals surface area contributed by atoms with Crippen molar-refractivity contribution in [3.05, 3.63) is 57.6 Å². The lowest BCUT2D eigenvalue weighted by molar-refractivity contribution is 0.443. The van der Waals surface area contributed by atoms with Gasteiger partial charge in [0.05, 0.1) is 6.07 Å². The molecule has 1 aromatic carbocycles. The van der Waals surface area contributed by atoms with E-state index in [2.05, 4.69) is 22.1 Å². The number of hydrogen-bond donors (Lipinski definition) is 2. The highest BCUT2D eigenvalue weighted by Gasteiger charge is 2.23. The first-order chi connectivity index (χ1) is 8.74. The quantitative estimate of drug-likeness (QED) is 0.803. The molecule has 1 unspecified atom stereocenters. The Labute approximate surface area is 104 Å². The molecule has 1 aliphatic rings. The van der Waals surface area contributed by atoms with Crippen LogP contribution in [-0.2, 0) is 6.42 Å². The number of benzene rings is 1. The van der Waals surface area contributed by atoms with E-state index in [1.54, 1.807) is 0 Å². The average molecular weight is 242 g/mol. The van der Waals surface area contributed by atoms with Crippen molar-refractivity contribution in [3.8, 4) is 5.88 Å². The molecule has 0 fully saturated rings. The fraction of sp³-hybridized carbons (Fsp3) is 0.286. The molecule has 4 heteroatoms. The van der Waals surface area contributed by atoms with Gasteiger partial charge >= 0.3 is 0 Å². The van der Waals surface area contributed by atoms with Gasteiger partial charge in [-0.1, -0.05) is 24.3 Å². The van der Waals surface area contributed by atoms with E-state index < -0.39 is 0 Å². The molecule has 0 radical (unpaired) electrons. The van der Waals surface area contributed by atoms with Gasteiger partial charge in [-0.05, 0) is 30.4 Å². The molecular formula is C14H14N2O2. The predicted octanol–water partition coefficient (Wildman–Crippen LogP) is 1.94. The lowest BCUT2D eigenvalue weighted by Crippen LogP contribution is -2.17. The van der Waals surface area contributed by atoms with Gasteiger partial charge in [0, 0.05) is 5.92 Å². The SMILES string of the molecule is O=c1cc(O)nc(C2CCCc3ccccc32)[nH]1. The summed E-state index contributed by atoms with van der Waals surface area (Å²) in [6.45, 7) is 0. The molecule has 0 bridgehead atoms. The largest absolute Gasteiger partial charge is 0.493 e. The highest BCUT2D eigenvalue weighted by atomic mass is 16.3. The van der Waals surface area contributed by atoms with Crippen LogP contribution in [0.15, 0.2) is 35.1 Å². The molecule has 1 atom stereocenters. The molecule has 0 aliphatic heterocycles. The summed E-state index contributed by atoms with van der Waals surface area (Å²) in [5.41, 5.74) is 2.21. The molecule has 1 aromatic heterocycles. The Morgan fingerprint density at radius 1 is 1.33 bits per heavy atom. The van der Waals surface area contributed by atoms with Crippen molar-refractivity contribution in [1.82, 2.24) is 9.97 Å². The van der Waals surface area contributed by atoms with E-state index in [9.17, 15) is 9.90 Å². The third-order valence-corrected chi connectivity index (χ3v) is 3.45. The maximum Gasteiger partial charge on any atom is 0.254 e. The smallest absolute Gasteiger partial charge is 0.254 e. The third-order valence-electron chi connectivity index (χ3n) is 3.45. The van der Waals surface area contributed by atoms with E-state index >= 15 is 0 Å². The average Bonchev–Trinajstić information content (AvgIpc) is 2.37. The van der Waals surface area contributed by atoms with Crippen LogP contribution in [0, 0.1) is 0 Å². The Kier molecular flexibility index (Phi) is 2.63. The summed E-state index contributed by atoms with van der Waals surface area (Å²) in [6, 6.07) is 9.31. The Morgan fingerprint density at radius 2 is 2.17 bits per heavy atom. The zero-order chi connectivity index (χ0) is 12.5. The maximum absolute atomic E-state index is 11.4. The van der Waals surface area contributed by atoms with Crippen LogP contribution in [0.5, 0.6) is 5.88 Å². The fourth-order valence-corrected chi connectivity index (χ4v) is 2.67. The standard InChI is InChI=1S/C14H14N2O2/c17-12-8-13(18)16-14(15-12)11-7-3-5-9-4-1-2-6-10(9)11/h1-2,4,6,8,11H,3,5,7H2,(H2,15,16,17,18). The molecule has 2 N–H and O–H groups in total. The normalized spacial score (nSPS) is 18.3. The van der Waals surface area contributed by atoms with Gasteiger partial charge in [-0.25, -0.2) is 0 Å². The van der Waals surface area contributed by atoms with Gasteiger partial charge in [0.25, 0.3) is 5.56 Å². The molecule has 0 saturated heterocycles. The van der Waals surface area contributed by atoms with Crippen molar-refractivity contribution < 1.29 is 5.11 Å². The van der Waals surface area contributed by atoms with Crippen molar-refractivity contribution in [1.29, 1.82) is 0 Å². The van der Waals surface area contributed by atoms with Crippen LogP contribution < -0.4 is 5.56 Å². The van der Waals surface area contributed by atoms with Crippen LogP contribution in [-0.4, -0.2) is 15.1 Å². The van der Waals surface area contributed by atoms with Gasteiger partial charge in [0.1, 0.15) is 5.82 Å². The summed E-state index contributed by atoms with van der Waals surface area (Å²) in [6.07, 6.45) is 3.08. The first-order valence-electron chi connectivity index (χ1n) is 6.12. The number of hydrogen-bond acceptors (Lipinski definition) is 3. The second-order valence-corrected chi connectivity index (χ2v) is 4.63. The fourth-order valence-electron chi connectivity index (χ4n) is 2.67. The lowest BCUT2D eigenvalue weighted by atomic mass is 9.82. The molecule has 3 rings (SSSR count). The summed E-state index contributed by atoms with van der Waals surface area (Å²) in [7, 11) is 0. The maximum atomic E-state index is 11.4. The van der Waals surface area contributed by atoms with Crippen LogP contribution in [0.1, 0.15) is 35.7 Å². The first-order valence-corrected chi connectivity index (χ1v) is 6.12. The van der Waals surface area contributed by atoms with Crippen molar-refractivity contribution in [2.75, 3.05) is 0 Å². The first kappa shape index (κ1) is 11.0. The zero-order valence-electron chi connectivity index (χ0n) is 9.89. The third kappa shape index (κ3) is 1.90. The number of nitrogens with one attached hydrogen (secondary N) is 1. The minimum Gasteiger partial charge on any atom is -0.493 e. The molecule has 18 heavy (non-hydrogen) atoms. The van der Waals surface area contributed by atoms with Crippen molar-refractivity contribution in [2.45, 2.75) is 25.2 Å². The number of aromatic amines is 1. The summed E-state index contributed by atoms with van der Waals surface area (Å²) >= 11 is 0. The van der Waals surface area contributed by atoms with Crippen LogP contribution in [0.2, 0.25) is 0 Å². The van der Waals surface area contributed by atoms with E-state index in [1.165, 1.54) is 11.1 Å².